The smallest absolute Gasteiger partial charge is 0.299 e. The third-order valence-electron chi connectivity index (χ3n) is 1.99. The van der Waals surface area contributed by atoms with Crippen LogP contribution in [0.25, 0.3) is 0 Å². The SMILES string of the molecule is O=C(C#CBr)N1CCC(CO)C1. The van der Waals surface area contributed by atoms with Gasteiger partial charge in [0.1, 0.15) is 0 Å². The van der Waals surface area contributed by atoms with Crippen molar-refractivity contribution in [2.45, 2.75) is 6.42 Å². The molecule has 1 amide bonds. The molecule has 0 aliphatic carbocycles. The number of rotatable bonds is 1. The molecule has 0 spiro atoms. The van der Waals surface area contributed by atoms with Crippen LogP contribution in [0.15, 0.2) is 0 Å². The molecule has 1 atom stereocenters. The van der Waals surface area contributed by atoms with E-state index in [-0.39, 0.29) is 18.4 Å². The van der Waals surface area contributed by atoms with E-state index in [9.17, 15) is 4.79 Å². The third kappa shape index (κ3) is 2.23. The molecule has 3 nitrogen and oxygen atoms in total. The first-order valence-electron chi connectivity index (χ1n) is 3.79. The summed E-state index contributed by atoms with van der Waals surface area (Å²) in [6.45, 7) is 1.51. The quantitative estimate of drug-likeness (QED) is 0.655. The van der Waals surface area contributed by atoms with E-state index in [1.165, 1.54) is 0 Å². The summed E-state index contributed by atoms with van der Waals surface area (Å²) in [4.78, 5) is 15.2. The van der Waals surface area contributed by atoms with E-state index in [0.717, 1.165) is 6.42 Å². The van der Waals surface area contributed by atoms with Crippen molar-refractivity contribution in [1.29, 1.82) is 0 Å². The number of halogens is 1. The Morgan fingerprint density at radius 3 is 3.00 bits per heavy atom. The van der Waals surface area contributed by atoms with Crippen LogP contribution >= 0.6 is 15.9 Å². The molecular formula is C8H10BrNO2. The standard InChI is InChI=1S/C8H10BrNO2/c9-3-1-8(12)10-4-2-7(5-10)6-11/h7,11H,2,4-6H2. The maximum absolute atomic E-state index is 11.1. The maximum Gasteiger partial charge on any atom is 0.299 e. The highest BCUT2D eigenvalue weighted by atomic mass is 79.9. The molecule has 1 rings (SSSR count). The molecule has 1 unspecified atom stereocenters. The van der Waals surface area contributed by atoms with Crippen molar-refractivity contribution in [1.82, 2.24) is 4.90 Å². The Bertz CT molecular complexity index is 231. The minimum Gasteiger partial charge on any atom is -0.396 e. The van der Waals surface area contributed by atoms with E-state index in [1.807, 2.05) is 0 Å². The van der Waals surface area contributed by atoms with Crippen molar-refractivity contribution in [2.24, 2.45) is 5.92 Å². The maximum atomic E-state index is 11.1. The number of carbonyl (C=O) groups excluding carboxylic acids is 1. The highest BCUT2D eigenvalue weighted by Gasteiger charge is 2.24. The van der Waals surface area contributed by atoms with Crippen LogP contribution < -0.4 is 0 Å². The number of likely N-dealkylation sites (tertiary alicyclic amines) is 1. The topological polar surface area (TPSA) is 40.5 Å². The lowest BCUT2D eigenvalue weighted by molar-refractivity contribution is -0.124. The average Bonchev–Trinajstić information content (AvgIpc) is 2.52. The van der Waals surface area contributed by atoms with Gasteiger partial charge < -0.3 is 10.0 Å². The van der Waals surface area contributed by atoms with Gasteiger partial charge in [-0.25, -0.2) is 0 Å². The van der Waals surface area contributed by atoms with E-state index >= 15 is 0 Å². The van der Waals surface area contributed by atoms with Crippen molar-refractivity contribution < 1.29 is 9.90 Å². The van der Waals surface area contributed by atoms with Gasteiger partial charge in [-0.1, -0.05) is 0 Å². The van der Waals surface area contributed by atoms with E-state index in [4.69, 9.17) is 5.11 Å². The Morgan fingerprint density at radius 1 is 1.75 bits per heavy atom. The molecule has 66 valence electrons. The molecule has 0 radical (unpaired) electrons. The van der Waals surface area contributed by atoms with Crippen LogP contribution in [0.5, 0.6) is 0 Å². The number of hydrogen-bond donors (Lipinski definition) is 1. The first kappa shape index (κ1) is 9.56. The van der Waals surface area contributed by atoms with Gasteiger partial charge in [0.2, 0.25) is 0 Å². The van der Waals surface area contributed by atoms with Crippen molar-refractivity contribution in [3.8, 4) is 10.8 Å². The summed E-state index contributed by atoms with van der Waals surface area (Å²) in [5, 5.41) is 8.81. The zero-order chi connectivity index (χ0) is 8.97. The van der Waals surface area contributed by atoms with Crippen LogP contribution in [0.3, 0.4) is 0 Å². The molecule has 0 aromatic rings. The molecular weight excluding hydrogens is 222 g/mol. The fourth-order valence-electron chi connectivity index (χ4n) is 1.29. The highest BCUT2D eigenvalue weighted by Crippen LogP contribution is 2.14. The zero-order valence-electron chi connectivity index (χ0n) is 6.59. The van der Waals surface area contributed by atoms with Crippen LogP contribution in [-0.4, -0.2) is 35.6 Å². The van der Waals surface area contributed by atoms with Crippen molar-refractivity contribution in [3.05, 3.63) is 0 Å². The molecule has 0 aromatic heterocycles. The molecule has 1 fully saturated rings. The first-order chi connectivity index (χ1) is 5.77. The molecule has 4 heteroatoms. The molecule has 1 N–H and O–H groups in total. The number of aliphatic hydroxyl groups excluding tert-OH is 1. The molecule has 1 heterocycles. The Labute approximate surface area is 79.9 Å². The molecule has 1 saturated heterocycles. The minimum absolute atomic E-state index is 0.158. The number of carbonyl (C=O) groups is 1. The number of nitrogens with zero attached hydrogens (tertiary/aromatic N) is 1. The predicted molar refractivity (Wildman–Crippen MR) is 48.5 cm³/mol. The fraction of sp³-hybridized carbons (Fsp3) is 0.625. The van der Waals surface area contributed by atoms with Gasteiger partial charge in [-0.2, -0.15) is 0 Å². The first-order valence-corrected chi connectivity index (χ1v) is 4.58. The fourth-order valence-corrected chi connectivity index (χ4v) is 1.46. The van der Waals surface area contributed by atoms with Gasteiger partial charge in [-0.15, -0.1) is 0 Å². The molecule has 0 aromatic carbocycles. The lowest BCUT2D eigenvalue weighted by Crippen LogP contribution is -2.27. The van der Waals surface area contributed by atoms with Crippen LogP contribution in [0.4, 0.5) is 0 Å². The lowest BCUT2D eigenvalue weighted by atomic mass is 10.1. The van der Waals surface area contributed by atoms with Gasteiger partial charge in [-0.05, 0) is 11.3 Å². The summed E-state index contributed by atoms with van der Waals surface area (Å²) in [5.41, 5.74) is 0. The van der Waals surface area contributed by atoms with E-state index in [2.05, 4.69) is 26.7 Å². The number of amides is 1. The van der Waals surface area contributed by atoms with Gasteiger partial charge >= 0.3 is 0 Å². The molecule has 0 saturated carbocycles. The van der Waals surface area contributed by atoms with E-state index in [1.54, 1.807) is 4.90 Å². The number of hydrogen-bond acceptors (Lipinski definition) is 2. The van der Waals surface area contributed by atoms with Crippen LogP contribution in [0, 0.1) is 16.7 Å². The zero-order valence-corrected chi connectivity index (χ0v) is 8.17. The molecule has 1 aliphatic rings. The van der Waals surface area contributed by atoms with Gasteiger partial charge in [0.05, 0.1) is 0 Å². The normalized spacial score (nSPS) is 21.8. The predicted octanol–water partition coefficient (Wildman–Crippen LogP) is 0.183. The Kier molecular flexibility index (Phi) is 3.57. The Hall–Kier alpha value is -0.530. The summed E-state index contributed by atoms with van der Waals surface area (Å²) >= 11 is 2.87. The number of aliphatic hydroxyl groups is 1. The van der Waals surface area contributed by atoms with Gasteiger partial charge in [0, 0.05) is 47.5 Å². The highest BCUT2D eigenvalue weighted by molar-refractivity contribution is 9.12. The lowest BCUT2D eigenvalue weighted by Gasteiger charge is -2.11. The van der Waals surface area contributed by atoms with E-state index < -0.39 is 0 Å². The summed E-state index contributed by atoms with van der Waals surface area (Å²) in [6.07, 6.45) is 0.881. The second kappa shape index (κ2) is 4.48. The van der Waals surface area contributed by atoms with Crippen LogP contribution in [0.1, 0.15) is 6.42 Å². The minimum atomic E-state index is -0.164. The Morgan fingerprint density at radius 2 is 2.50 bits per heavy atom. The molecule has 0 bridgehead atoms. The molecule has 1 aliphatic heterocycles. The second-order valence-corrected chi connectivity index (χ2v) is 3.20. The monoisotopic (exact) mass is 231 g/mol. The largest absolute Gasteiger partial charge is 0.396 e. The van der Waals surface area contributed by atoms with Gasteiger partial charge in [0.25, 0.3) is 5.91 Å². The summed E-state index contributed by atoms with van der Waals surface area (Å²) < 4.78 is 0. The summed E-state index contributed by atoms with van der Waals surface area (Å²) in [5.74, 6) is 2.48. The molecule has 12 heavy (non-hydrogen) atoms. The van der Waals surface area contributed by atoms with Crippen molar-refractivity contribution in [2.75, 3.05) is 19.7 Å². The Balaban J connectivity index is 2.44. The van der Waals surface area contributed by atoms with Crippen molar-refractivity contribution >= 4 is 21.8 Å². The van der Waals surface area contributed by atoms with Crippen LogP contribution in [-0.2, 0) is 4.79 Å². The second-order valence-electron chi connectivity index (χ2n) is 2.81. The average molecular weight is 232 g/mol. The third-order valence-corrected chi connectivity index (χ3v) is 2.18. The van der Waals surface area contributed by atoms with E-state index in [0.29, 0.717) is 13.1 Å². The summed E-state index contributed by atoms with van der Waals surface area (Å²) in [6, 6.07) is 0. The van der Waals surface area contributed by atoms with Gasteiger partial charge in [-0.3, -0.25) is 4.79 Å². The van der Waals surface area contributed by atoms with Crippen molar-refractivity contribution in [3.63, 3.8) is 0 Å². The summed E-state index contributed by atoms with van der Waals surface area (Å²) in [7, 11) is 0. The van der Waals surface area contributed by atoms with Crippen LogP contribution in [0.2, 0.25) is 0 Å². The van der Waals surface area contributed by atoms with Gasteiger partial charge in [0.15, 0.2) is 0 Å².